The lowest BCUT2D eigenvalue weighted by molar-refractivity contribution is 0.0208. The minimum atomic E-state index is 0.319. The number of nitrogens with zero attached hydrogens (tertiary/aromatic N) is 4. The molecule has 1 aliphatic rings. The maximum absolute atomic E-state index is 6.10. The van der Waals surface area contributed by atoms with Gasteiger partial charge in [-0.15, -0.1) is 0 Å². The summed E-state index contributed by atoms with van der Waals surface area (Å²) in [5.74, 6) is 1.41. The van der Waals surface area contributed by atoms with E-state index in [-0.39, 0.29) is 0 Å². The highest BCUT2D eigenvalue weighted by atomic mass is 35.5. The molecule has 23 heavy (non-hydrogen) atoms. The summed E-state index contributed by atoms with van der Waals surface area (Å²) in [4.78, 5) is 2.27. The van der Waals surface area contributed by atoms with Gasteiger partial charge in [-0.2, -0.15) is 5.10 Å². The van der Waals surface area contributed by atoms with Crippen LogP contribution in [0.25, 0.3) is 0 Å². The van der Waals surface area contributed by atoms with E-state index >= 15 is 0 Å². The van der Waals surface area contributed by atoms with E-state index in [1.807, 2.05) is 34.5 Å². The second-order valence-electron chi connectivity index (χ2n) is 5.35. The maximum atomic E-state index is 6.10. The average molecular weight is 355 g/mol. The molecule has 0 atom stereocenters. The molecule has 3 rings (SSSR count). The molecule has 124 valence electrons. The number of aromatic nitrogens is 3. The van der Waals surface area contributed by atoms with Crippen molar-refractivity contribution in [3.8, 4) is 5.75 Å². The Bertz CT molecular complexity index is 725. The highest BCUT2D eigenvalue weighted by Crippen LogP contribution is 2.23. The summed E-state index contributed by atoms with van der Waals surface area (Å²) >= 11 is 11.6. The third-order valence-corrected chi connectivity index (χ3v) is 4.56. The Hall–Kier alpha value is -1.41. The minimum Gasteiger partial charge on any atom is -0.484 e. The molecular weight excluding hydrogens is 336 g/mol. The summed E-state index contributed by atoms with van der Waals surface area (Å²) in [5, 5.41) is 5.16. The first-order valence-electron chi connectivity index (χ1n) is 7.45. The number of hydrogen-bond acceptors (Lipinski definition) is 5. The molecule has 2 aromatic rings. The third kappa shape index (κ3) is 3.92. The van der Waals surface area contributed by atoms with Gasteiger partial charge in [0.25, 0.3) is 0 Å². The molecule has 6 nitrogen and oxygen atoms in total. The second kappa shape index (κ2) is 7.44. The van der Waals surface area contributed by atoms with Crippen molar-refractivity contribution in [2.24, 2.45) is 7.05 Å². The van der Waals surface area contributed by atoms with Crippen LogP contribution in [0, 0.1) is 4.77 Å². The lowest BCUT2D eigenvalue weighted by atomic mass is 10.3. The number of hydrogen-bond donors (Lipinski definition) is 0. The highest BCUT2D eigenvalue weighted by Gasteiger charge is 2.14. The van der Waals surface area contributed by atoms with Crippen LogP contribution in [0.4, 0.5) is 0 Å². The third-order valence-electron chi connectivity index (χ3n) is 3.76. The van der Waals surface area contributed by atoms with Crippen LogP contribution in [0.3, 0.4) is 0 Å². The first-order valence-corrected chi connectivity index (χ1v) is 8.24. The van der Waals surface area contributed by atoms with E-state index in [0.717, 1.165) is 32.1 Å². The average Bonchev–Trinajstić information content (AvgIpc) is 2.83. The van der Waals surface area contributed by atoms with Gasteiger partial charge in [0.15, 0.2) is 10.6 Å². The lowest BCUT2D eigenvalue weighted by Gasteiger charge is -2.26. The zero-order valence-corrected chi connectivity index (χ0v) is 14.5. The summed E-state index contributed by atoms with van der Waals surface area (Å²) in [5.41, 5.74) is 0. The Morgan fingerprint density at radius 1 is 1.30 bits per heavy atom. The zero-order chi connectivity index (χ0) is 16.2. The van der Waals surface area contributed by atoms with Crippen molar-refractivity contribution in [2.75, 3.05) is 26.3 Å². The van der Waals surface area contributed by atoms with Gasteiger partial charge in [-0.25, -0.2) is 4.68 Å². The monoisotopic (exact) mass is 354 g/mol. The highest BCUT2D eigenvalue weighted by molar-refractivity contribution is 7.71. The zero-order valence-electron chi connectivity index (χ0n) is 12.9. The van der Waals surface area contributed by atoms with E-state index in [2.05, 4.69) is 10.00 Å². The van der Waals surface area contributed by atoms with E-state index in [1.165, 1.54) is 0 Å². The predicted molar refractivity (Wildman–Crippen MR) is 90.2 cm³/mol. The molecule has 8 heteroatoms. The molecule has 0 saturated carbocycles. The summed E-state index contributed by atoms with van der Waals surface area (Å²) in [7, 11) is 1.90. The standard InChI is InChI=1S/C15H19ClN4O2S/c1-18-14(10-22-13-5-3-2-4-12(13)16)17-20(15(18)23)11-19-6-8-21-9-7-19/h2-5H,6-11H2,1H3. The lowest BCUT2D eigenvalue weighted by Crippen LogP contribution is -2.37. The Morgan fingerprint density at radius 2 is 2.04 bits per heavy atom. The van der Waals surface area contributed by atoms with Crippen LogP contribution < -0.4 is 4.74 Å². The molecular formula is C15H19ClN4O2S. The molecule has 0 bridgehead atoms. The Labute approximate surface area is 145 Å². The first-order chi connectivity index (χ1) is 11.1. The molecule has 0 N–H and O–H groups in total. The fourth-order valence-electron chi connectivity index (χ4n) is 2.39. The van der Waals surface area contributed by atoms with Crippen molar-refractivity contribution in [2.45, 2.75) is 13.3 Å². The van der Waals surface area contributed by atoms with Crippen LogP contribution in [0.5, 0.6) is 5.75 Å². The second-order valence-corrected chi connectivity index (χ2v) is 6.12. The number of ether oxygens (including phenoxy) is 2. The summed E-state index contributed by atoms with van der Waals surface area (Å²) < 4.78 is 15.5. The van der Waals surface area contributed by atoms with E-state index in [0.29, 0.717) is 28.8 Å². The number of rotatable bonds is 5. The fraction of sp³-hybridized carbons (Fsp3) is 0.467. The van der Waals surface area contributed by atoms with Gasteiger partial charge in [-0.1, -0.05) is 23.7 Å². The van der Waals surface area contributed by atoms with Gasteiger partial charge in [-0.05, 0) is 24.4 Å². The Balaban J connectivity index is 1.69. The van der Waals surface area contributed by atoms with Gasteiger partial charge in [0.1, 0.15) is 12.4 Å². The number of halogens is 1. The van der Waals surface area contributed by atoms with Crippen LogP contribution in [0.2, 0.25) is 5.02 Å². The van der Waals surface area contributed by atoms with Crippen LogP contribution in [-0.2, 0) is 25.1 Å². The van der Waals surface area contributed by atoms with Crippen molar-refractivity contribution >= 4 is 23.8 Å². The van der Waals surface area contributed by atoms with E-state index in [1.54, 1.807) is 6.07 Å². The number of benzene rings is 1. The van der Waals surface area contributed by atoms with Crippen LogP contribution in [-0.4, -0.2) is 45.6 Å². The van der Waals surface area contributed by atoms with Gasteiger partial charge >= 0.3 is 0 Å². The van der Waals surface area contributed by atoms with Gasteiger partial charge in [0.05, 0.1) is 24.9 Å². The normalized spacial score (nSPS) is 15.7. The topological polar surface area (TPSA) is 44.5 Å². The maximum Gasteiger partial charge on any atom is 0.198 e. The van der Waals surface area contributed by atoms with Crippen molar-refractivity contribution < 1.29 is 9.47 Å². The van der Waals surface area contributed by atoms with Crippen molar-refractivity contribution in [3.63, 3.8) is 0 Å². The van der Waals surface area contributed by atoms with Crippen LogP contribution >= 0.6 is 23.8 Å². The fourth-order valence-corrected chi connectivity index (χ4v) is 2.78. The van der Waals surface area contributed by atoms with E-state index < -0.39 is 0 Å². The van der Waals surface area contributed by atoms with Crippen molar-refractivity contribution in [1.82, 2.24) is 19.2 Å². The first kappa shape index (κ1) is 16.4. The van der Waals surface area contributed by atoms with Crippen LogP contribution in [0.1, 0.15) is 5.82 Å². The summed E-state index contributed by atoms with van der Waals surface area (Å²) in [6, 6.07) is 7.39. The van der Waals surface area contributed by atoms with Gasteiger partial charge in [0, 0.05) is 20.1 Å². The van der Waals surface area contributed by atoms with Crippen LogP contribution in [0.15, 0.2) is 24.3 Å². The van der Waals surface area contributed by atoms with E-state index in [4.69, 9.17) is 33.3 Å². The smallest absolute Gasteiger partial charge is 0.198 e. The molecule has 1 fully saturated rings. The largest absolute Gasteiger partial charge is 0.484 e. The molecule has 1 aromatic carbocycles. The molecule has 1 aliphatic heterocycles. The Kier molecular flexibility index (Phi) is 5.32. The van der Waals surface area contributed by atoms with Gasteiger partial charge in [-0.3, -0.25) is 4.90 Å². The Morgan fingerprint density at radius 3 is 2.78 bits per heavy atom. The predicted octanol–water partition coefficient (Wildman–Crippen LogP) is 2.47. The number of morpholine rings is 1. The molecule has 0 amide bonds. The summed E-state index contributed by atoms with van der Waals surface area (Å²) in [6.45, 7) is 4.28. The molecule has 0 spiro atoms. The quantitative estimate of drug-likeness (QED) is 0.772. The van der Waals surface area contributed by atoms with E-state index in [9.17, 15) is 0 Å². The minimum absolute atomic E-state index is 0.319. The molecule has 2 heterocycles. The molecule has 1 saturated heterocycles. The van der Waals surface area contributed by atoms with Gasteiger partial charge in [0.2, 0.25) is 0 Å². The summed E-state index contributed by atoms with van der Waals surface area (Å²) in [6.07, 6.45) is 0. The molecule has 0 aliphatic carbocycles. The molecule has 0 unspecified atom stereocenters. The molecule has 1 aromatic heterocycles. The SMILES string of the molecule is Cn1c(COc2ccccc2Cl)nn(CN2CCOCC2)c1=S. The molecule has 0 radical (unpaired) electrons. The van der Waals surface area contributed by atoms with Crippen molar-refractivity contribution in [1.29, 1.82) is 0 Å². The van der Waals surface area contributed by atoms with Crippen molar-refractivity contribution in [3.05, 3.63) is 39.9 Å². The van der Waals surface area contributed by atoms with Gasteiger partial charge < -0.3 is 14.0 Å². The number of para-hydroxylation sites is 1.